The van der Waals surface area contributed by atoms with Crippen LogP contribution in [0.1, 0.15) is 88.2 Å². The van der Waals surface area contributed by atoms with Gasteiger partial charge in [0, 0.05) is 18.3 Å². The molecule has 0 radical (unpaired) electrons. The van der Waals surface area contributed by atoms with Gasteiger partial charge in [-0.1, -0.05) is 19.1 Å². The fourth-order valence-electron chi connectivity index (χ4n) is 8.57. The van der Waals surface area contributed by atoms with E-state index in [0.717, 1.165) is 63.6 Å². The molecule has 4 heteroatoms. The third-order valence-electron chi connectivity index (χ3n) is 10.0. The van der Waals surface area contributed by atoms with Crippen LogP contribution in [-0.4, -0.2) is 31.9 Å². The summed E-state index contributed by atoms with van der Waals surface area (Å²) in [5.41, 5.74) is 3.23. The van der Waals surface area contributed by atoms with Crippen molar-refractivity contribution in [2.24, 2.45) is 23.2 Å². The fourth-order valence-corrected chi connectivity index (χ4v) is 8.57. The number of aryl methyl sites for hydroxylation is 1. The predicted octanol–water partition coefficient (Wildman–Crippen LogP) is 6.77. The van der Waals surface area contributed by atoms with Gasteiger partial charge in [0.05, 0.1) is 19.8 Å². The summed E-state index contributed by atoms with van der Waals surface area (Å²) in [6.45, 7) is 8.82. The number of benzene rings is 1. The van der Waals surface area contributed by atoms with E-state index < -0.39 is 0 Å². The standard InChI is InChI=1S/C30H42O4/c1-3-4-5-8-22-20-29(2)26(14-15-30(29)32-17-18-33-30)25-12-10-21-19-23(11-13-24(21)28(22)25)34-27-9-6-7-16-31-27/h3,11,13,19,22,25-28H,1,4-10,12,14-18,20H2,2H3/t22-,25?,26?,27?,28?,29-/m0/s1. The van der Waals surface area contributed by atoms with Gasteiger partial charge in [0.2, 0.25) is 0 Å². The molecule has 5 aliphatic rings. The van der Waals surface area contributed by atoms with E-state index in [1.165, 1.54) is 44.1 Å². The zero-order valence-corrected chi connectivity index (χ0v) is 20.9. The minimum absolute atomic E-state index is 0.0775. The molecule has 3 aliphatic carbocycles. The topological polar surface area (TPSA) is 36.9 Å². The molecule has 34 heavy (non-hydrogen) atoms. The maximum atomic E-state index is 6.42. The van der Waals surface area contributed by atoms with Gasteiger partial charge in [0.25, 0.3) is 0 Å². The van der Waals surface area contributed by atoms with Gasteiger partial charge in [-0.25, -0.2) is 0 Å². The molecule has 1 aromatic carbocycles. The highest BCUT2D eigenvalue weighted by atomic mass is 16.7. The summed E-state index contributed by atoms with van der Waals surface area (Å²) in [5.74, 6) is 3.37. The molecule has 0 aromatic heterocycles. The number of ether oxygens (including phenoxy) is 4. The summed E-state index contributed by atoms with van der Waals surface area (Å²) in [6.07, 6.45) is 14.9. The quantitative estimate of drug-likeness (QED) is 0.342. The van der Waals surface area contributed by atoms with Gasteiger partial charge in [0.15, 0.2) is 12.1 Å². The molecule has 6 rings (SSSR count). The Bertz CT molecular complexity index is 884. The molecule has 6 atom stereocenters. The van der Waals surface area contributed by atoms with Gasteiger partial charge in [-0.05, 0) is 105 Å². The SMILES string of the molecule is C=CCCC[C@H]1C[C@@]2(C)C(CCC23OCCO3)C2CCc3cc(OC4CCCCO4)ccc3C21. The monoisotopic (exact) mass is 466 g/mol. The first-order chi connectivity index (χ1) is 16.6. The van der Waals surface area contributed by atoms with Gasteiger partial charge in [0.1, 0.15) is 5.75 Å². The number of hydrogen-bond donors (Lipinski definition) is 0. The molecule has 2 heterocycles. The molecule has 2 saturated heterocycles. The first-order valence-corrected chi connectivity index (χ1v) is 13.9. The smallest absolute Gasteiger partial charge is 0.199 e. The van der Waals surface area contributed by atoms with Crippen molar-refractivity contribution in [2.45, 2.75) is 95.5 Å². The molecule has 4 unspecified atom stereocenters. The summed E-state index contributed by atoms with van der Waals surface area (Å²) in [5, 5.41) is 0. The van der Waals surface area contributed by atoms with Crippen molar-refractivity contribution in [3.05, 3.63) is 42.0 Å². The van der Waals surface area contributed by atoms with Crippen LogP contribution in [0.2, 0.25) is 0 Å². The molecule has 2 saturated carbocycles. The number of allylic oxidation sites excluding steroid dienone is 1. The lowest BCUT2D eigenvalue weighted by Gasteiger charge is -2.56. The van der Waals surface area contributed by atoms with Crippen LogP contribution in [0.3, 0.4) is 0 Å². The predicted molar refractivity (Wildman–Crippen MR) is 133 cm³/mol. The van der Waals surface area contributed by atoms with E-state index in [0.29, 0.717) is 17.8 Å². The molecule has 1 spiro atoms. The Kier molecular flexibility index (Phi) is 6.28. The lowest BCUT2D eigenvalue weighted by Crippen LogP contribution is -2.54. The molecular formula is C30H42O4. The Labute approximate surface area is 205 Å². The number of unbranched alkanes of at least 4 members (excludes halogenated alkanes) is 1. The molecule has 4 nitrogen and oxygen atoms in total. The highest BCUT2D eigenvalue weighted by Crippen LogP contribution is 2.68. The van der Waals surface area contributed by atoms with E-state index in [-0.39, 0.29) is 17.5 Å². The zero-order valence-electron chi connectivity index (χ0n) is 20.9. The average Bonchev–Trinajstić information content (AvgIpc) is 3.45. The molecule has 0 N–H and O–H groups in total. The van der Waals surface area contributed by atoms with Crippen LogP contribution in [0.5, 0.6) is 5.75 Å². The van der Waals surface area contributed by atoms with Crippen LogP contribution >= 0.6 is 0 Å². The molecule has 0 amide bonds. The van der Waals surface area contributed by atoms with E-state index in [4.69, 9.17) is 18.9 Å². The Balaban J connectivity index is 1.29. The van der Waals surface area contributed by atoms with Crippen molar-refractivity contribution in [1.82, 2.24) is 0 Å². The van der Waals surface area contributed by atoms with Crippen molar-refractivity contribution < 1.29 is 18.9 Å². The fraction of sp³-hybridized carbons (Fsp3) is 0.733. The van der Waals surface area contributed by atoms with Gasteiger partial charge < -0.3 is 18.9 Å². The average molecular weight is 467 g/mol. The van der Waals surface area contributed by atoms with E-state index in [1.54, 1.807) is 5.56 Å². The molecular weight excluding hydrogens is 424 g/mol. The Morgan fingerprint density at radius 2 is 2.00 bits per heavy atom. The van der Waals surface area contributed by atoms with E-state index in [9.17, 15) is 0 Å². The first-order valence-electron chi connectivity index (χ1n) is 13.9. The normalized spacial score (nSPS) is 38.2. The second-order valence-electron chi connectivity index (χ2n) is 11.7. The maximum Gasteiger partial charge on any atom is 0.199 e. The van der Waals surface area contributed by atoms with Crippen molar-refractivity contribution in [3.8, 4) is 5.75 Å². The second-order valence-corrected chi connectivity index (χ2v) is 11.7. The second kappa shape index (κ2) is 9.26. The summed E-state index contributed by atoms with van der Waals surface area (Å²) in [7, 11) is 0. The third kappa shape index (κ3) is 3.76. The Morgan fingerprint density at radius 1 is 1.12 bits per heavy atom. The van der Waals surface area contributed by atoms with Gasteiger partial charge in [-0.15, -0.1) is 6.58 Å². The van der Waals surface area contributed by atoms with Gasteiger partial charge >= 0.3 is 0 Å². The Morgan fingerprint density at radius 3 is 2.79 bits per heavy atom. The van der Waals surface area contributed by atoms with E-state index >= 15 is 0 Å². The van der Waals surface area contributed by atoms with Crippen LogP contribution in [0.4, 0.5) is 0 Å². The summed E-state index contributed by atoms with van der Waals surface area (Å²) < 4.78 is 24.9. The van der Waals surface area contributed by atoms with Crippen molar-refractivity contribution in [3.63, 3.8) is 0 Å². The molecule has 186 valence electrons. The lowest BCUT2D eigenvalue weighted by molar-refractivity contribution is -0.242. The Hall–Kier alpha value is -1.36. The molecule has 2 aliphatic heterocycles. The molecule has 4 fully saturated rings. The molecule has 0 bridgehead atoms. The van der Waals surface area contributed by atoms with Gasteiger partial charge in [-0.3, -0.25) is 0 Å². The summed E-state index contributed by atoms with van der Waals surface area (Å²) in [6, 6.07) is 6.95. The van der Waals surface area contributed by atoms with Crippen LogP contribution in [0.25, 0.3) is 0 Å². The zero-order chi connectivity index (χ0) is 23.2. The highest BCUT2D eigenvalue weighted by Gasteiger charge is 2.66. The third-order valence-corrected chi connectivity index (χ3v) is 10.0. The minimum atomic E-state index is -0.336. The number of hydrogen-bond acceptors (Lipinski definition) is 4. The van der Waals surface area contributed by atoms with Crippen LogP contribution < -0.4 is 4.74 Å². The first kappa shape index (κ1) is 23.1. The lowest BCUT2D eigenvalue weighted by atomic mass is 9.50. The van der Waals surface area contributed by atoms with Crippen molar-refractivity contribution >= 4 is 0 Å². The number of fused-ring (bicyclic) bond motifs is 6. The van der Waals surface area contributed by atoms with E-state index in [2.05, 4.69) is 37.8 Å². The maximum absolute atomic E-state index is 6.42. The van der Waals surface area contributed by atoms with E-state index in [1.807, 2.05) is 0 Å². The van der Waals surface area contributed by atoms with Crippen molar-refractivity contribution in [2.75, 3.05) is 19.8 Å². The summed E-state index contributed by atoms with van der Waals surface area (Å²) >= 11 is 0. The summed E-state index contributed by atoms with van der Waals surface area (Å²) in [4.78, 5) is 0. The largest absolute Gasteiger partial charge is 0.465 e. The number of rotatable bonds is 6. The van der Waals surface area contributed by atoms with Crippen LogP contribution in [0.15, 0.2) is 30.9 Å². The van der Waals surface area contributed by atoms with Crippen LogP contribution in [-0.2, 0) is 20.6 Å². The molecule has 1 aromatic rings. The minimum Gasteiger partial charge on any atom is -0.465 e. The van der Waals surface area contributed by atoms with Crippen molar-refractivity contribution in [1.29, 1.82) is 0 Å². The highest BCUT2D eigenvalue weighted by molar-refractivity contribution is 5.41. The van der Waals surface area contributed by atoms with Crippen LogP contribution in [0, 0.1) is 23.2 Å². The van der Waals surface area contributed by atoms with Gasteiger partial charge in [-0.2, -0.15) is 0 Å².